The highest BCUT2D eigenvalue weighted by Crippen LogP contribution is 2.38. The molecule has 6 heteroatoms. The number of amides is 3. The molecule has 29 heavy (non-hydrogen) atoms. The summed E-state index contributed by atoms with van der Waals surface area (Å²) in [5, 5.41) is 5.29. The number of carbonyl (C=O) groups excluding carboxylic acids is 2. The van der Waals surface area contributed by atoms with E-state index in [1.54, 1.807) is 7.11 Å². The first kappa shape index (κ1) is 19.7. The van der Waals surface area contributed by atoms with Gasteiger partial charge in [-0.2, -0.15) is 0 Å². The van der Waals surface area contributed by atoms with Crippen LogP contribution in [0.3, 0.4) is 0 Å². The number of imide groups is 1. The van der Waals surface area contributed by atoms with Gasteiger partial charge >= 0.3 is 6.03 Å². The summed E-state index contributed by atoms with van der Waals surface area (Å²) in [6.07, 6.45) is 3.84. The van der Waals surface area contributed by atoms with Crippen molar-refractivity contribution < 1.29 is 14.3 Å². The van der Waals surface area contributed by atoms with Gasteiger partial charge in [0.05, 0.1) is 13.8 Å². The molecule has 1 saturated carbocycles. The van der Waals surface area contributed by atoms with E-state index in [0.29, 0.717) is 13.2 Å². The van der Waals surface area contributed by atoms with Crippen molar-refractivity contribution >= 4 is 22.7 Å². The molecular weight excluding hydrogens is 366 g/mol. The molecule has 1 N–H and O–H groups in total. The molecule has 0 unspecified atom stereocenters. The Morgan fingerprint density at radius 3 is 2.69 bits per heavy atom. The maximum Gasteiger partial charge on any atom is 0.326 e. The Bertz CT molecular complexity index is 944. The fourth-order valence-corrected chi connectivity index (χ4v) is 4.73. The third-order valence-corrected chi connectivity index (χ3v) is 6.45. The van der Waals surface area contributed by atoms with E-state index in [1.165, 1.54) is 4.90 Å². The van der Waals surface area contributed by atoms with Crippen molar-refractivity contribution in [1.29, 1.82) is 0 Å². The highest BCUT2D eigenvalue weighted by atomic mass is 16.5. The van der Waals surface area contributed by atoms with Gasteiger partial charge in [-0.05, 0) is 60.3 Å². The predicted molar refractivity (Wildman–Crippen MR) is 113 cm³/mol. The van der Waals surface area contributed by atoms with Crippen molar-refractivity contribution in [3.05, 3.63) is 42.0 Å². The van der Waals surface area contributed by atoms with Crippen molar-refractivity contribution in [2.24, 2.45) is 5.92 Å². The zero-order valence-electron chi connectivity index (χ0n) is 17.4. The summed E-state index contributed by atoms with van der Waals surface area (Å²) in [5.74, 6) is 0.958. The second-order valence-electron chi connectivity index (χ2n) is 8.48. The molecule has 2 fully saturated rings. The maximum absolute atomic E-state index is 13.1. The zero-order chi connectivity index (χ0) is 20.6. The van der Waals surface area contributed by atoms with Gasteiger partial charge in [0.15, 0.2) is 0 Å². The van der Waals surface area contributed by atoms with Crippen LogP contribution in [0.4, 0.5) is 4.79 Å². The summed E-state index contributed by atoms with van der Waals surface area (Å²) in [7, 11) is 3.60. The fraction of sp³-hybridized carbons (Fsp3) is 0.478. The minimum atomic E-state index is -0.696. The molecule has 0 bridgehead atoms. The highest BCUT2D eigenvalue weighted by Gasteiger charge is 2.54. The van der Waals surface area contributed by atoms with Gasteiger partial charge in [0, 0.05) is 6.54 Å². The Hall–Kier alpha value is -2.60. The van der Waals surface area contributed by atoms with Gasteiger partial charge in [-0.25, -0.2) is 9.69 Å². The number of methoxy groups -OCH3 is 1. The minimum Gasteiger partial charge on any atom is -0.497 e. The second-order valence-corrected chi connectivity index (χ2v) is 8.48. The lowest BCUT2D eigenvalue weighted by atomic mass is 9.73. The molecule has 3 amide bonds. The molecule has 1 spiro atoms. The summed E-state index contributed by atoms with van der Waals surface area (Å²) in [4.78, 5) is 29.1. The lowest BCUT2D eigenvalue weighted by Crippen LogP contribution is -2.54. The lowest BCUT2D eigenvalue weighted by Gasteiger charge is -2.37. The molecule has 2 aliphatic rings. The van der Waals surface area contributed by atoms with E-state index in [9.17, 15) is 9.59 Å². The predicted octanol–water partition coefficient (Wildman–Crippen LogP) is 3.74. The number of nitrogens with zero attached hydrogens (tertiary/aromatic N) is 2. The average molecular weight is 396 g/mol. The van der Waals surface area contributed by atoms with E-state index in [-0.39, 0.29) is 17.9 Å². The van der Waals surface area contributed by atoms with Crippen molar-refractivity contribution in [2.75, 3.05) is 20.8 Å². The lowest BCUT2D eigenvalue weighted by molar-refractivity contribution is -0.135. The van der Waals surface area contributed by atoms with Crippen LogP contribution >= 0.6 is 0 Å². The van der Waals surface area contributed by atoms with Crippen LogP contribution in [0.1, 0.15) is 38.2 Å². The van der Waals surface area contributed by atoms with Crippen molar-refractivity contribution in [3.8, 4) is 5.75 Å². The molecule has 154 valence electrons. The number of benzene rings is 2. The van der Waals surface area contributed by atoms with E-state index >= 15 is 0 Å². The third kappa shape index (κ3) is 3.57. The number of rotatable bonds is 5. The monoisotopic (exact) mass is 395 g/mol. The van der Waals surface area contributed by atoms with Crippen LogP contribution in [0.15, 0.2) is 36.4 Å². The second kappa shape index (κ2) is 7.67. The van der Waals surface area contributed by atoms with E-state index in [2.05, 4.69) is 30.4 Å². The normalized spacial score (nSPS) is 24.6. The highest BCUT2D eigenvalue weighted by molar-refractivity contribution is 6.07. The topological polar surface area (TPSA) is 61.9 Å². The van der Waals surface area contributed by atoms with Gasteiger partial charge in [-0.3, -0.25) is 9.69 Å². The molecule has 1 aliphatic heterocycles. The van der Waals surface area contributed by atoms with Crippen LogP contribution in [-0.4, -0.2) is 48.1 Å². The van der Waals surface area contributed by atoms with Crippen LogP contribution in [-0.2, 0) is 11.3 Å². The number of hydrogen-bond donors (Lipinski definition) is 1. The van der Waals surface area contributed by atoms with Crippen LogP contribution in [0.25, 0.3) is 10.8 Å². The van der Waals surface area contributed by atoms with E-state index in [1.807, 2.05) is 30.1 Å². The largest absolute Gasteiger partial charge is 0.497 e. The molecule has 6 nitrogen and oxygen atoms in total. The average Bonchev–Trinajstić information content (AvgIpc) is 2.94. The van der Waals surface area contributed by atoms with Gasteiger partial charge in [0.1, 0.15) is 11.3 Å². The summed E-state index contributed by atoms with van der Waals surface area (Å²) in [5.41, 5.74) is 0.441. The van der Waals surface area contributed by atoms with E-state index in [0.717, 1.165) is 47.8 Å². The van der Waals surface area contributed by atoms with Crippen LogP contribution in [0.5, 0.6) is 5.75 Å². The Morgan fingerprint density at radius 2 is 1.93 bits per heavy atom. The molecule has 1 heterocycles. The van der Waals surface area contributed by atoms with Crippen LogP contribution < -0.4 is 10.1 Å². The maximum atomic E-state index is 13.1. The first-order chi connectivity index (χ1) is 13.9. The molecule has 2 aromatic rings. The van der Waals surface area contributed by atoms with Crippen LogP contribution in [0, 0.1) is 5.92 Å². The summed E-state index contributed by atoms with van der Waals surface area (Å²) >= 11 is 0. The van der Waals surface area contributed by atoms with Gasteiger partial charge in [-0.1, -0.05) is 38.0 Å². The number of carbonyl (C=O) groups is 2. The van der Waals surface area contributed by atoms with Crippen molar-refractivity contribution in [2.45, 2.75) is 44.7 Å². The van der Waals surface area contributed by atoms with Gasteiger partial charge in [-0.15, -0.1) is 0 Å². The molecule has 1 saturated heterocycles. The Kier molecular flexibility index (Phi) is 5.21. The standard InChI is InChI=1S/C23H29N3O3/c1-16-6-4-5-11-23(16)21(27)26(22(28)24-23)15-25(2)14-17-7-8-19-13-20(29-3)10-9-18(19)12-17/h7-10,12-13,16H,4-6,11,14-15H2,1-3H3,(H,24,28)/t16-,23-/m1/s1. The molecule has 2 aromatic carbocycles. The van der Waals surface area contributed by atoms with Gasteiger partial charge in [0.25, 0.3) is 5.91 Å². The number of nitrogens with one attached hydrogen (secondary N) is 1. The van der Waals surface area contributed by atoms with Crippen molar-refractivity contribution in [3.63, 3.8) is 0 Å². The minimum absolute atomic E-state index is 0.0628. The van der Waals surface area contributed by atoms with Gasteiger partial charge in [0.2, 0.25) is 0 Å². The molecule has 1 aliphatic carbocycles. The number of urea groups is 1. The molecule has 0 radical (unpaired) electrons. The summed E-state index contributed by atoms with van der Waals surface area (Å²) in [6.45, 7) is 3.02. The third-order valence-electron chi connectivity index (χ3n) is 6.45. The first-order valence-electron chi connectivity index (χ1n) is 10.3. The Morgan fingerprint density at radius 1 is 1.17 bits per heavy atom. The number of ether oxygens (including phenoxy) is 1. The van der Waals surface area contributed by atoms with Crippen LogP contribution in [0.2, 0.25) is 0 Å². The SMILES string of the molecule is COc1ccc2cc(CN(C)CN3C(=O)N[C@@]4(CCCC[C@H]4C)C3=O)ccc2c1. The fourth-order valence-electron chi connectivity index (χ4n) is 4.73. The zero-order valence-corrected chi connectivity index (χ0v) is 17.4. The van der Waals surface area contributed by atoms with E-state index in [4.69, 9.17) is 4.74 Å². The molecule has 0 aromatic heterocycles. The Balaban J connectivity index is 1.45. The van der Waals surface area contributed by atoms with Crippen molar-refractivity contribution in [1.82, 2.24) is 15.1 Å². The summed E-state index contributed by atoms with van der Waals surface area (Å²) < 4.78 is 5.28. The number of fused-ring (bicyclic) bond motifs is 1. The summed E-state index contributed by atoms with van der Waals surface area (Å²) in [6, 6.07) is 12.0. The number of hydrogen-bond acceptors (Lipinski definition) is 4. The molecule has 2 atom stereocenters. The quantitative estimate of drug-likeness (QED) is 0.784. The van der Waals surface area contributed by atoms with E-state index < -0.39 is 5.54 Å². The smallest absolute Gasteiger partial charge is 0.326 e. The Labute approximate surface area is 171 Å². The molecule has 4 rings (SSSR count). The molecular formula is C23H29N3O3. The van der Waals surface area contributed by atoms with Gasteiger partial charge < -0.3 is 10.1 Å². The first-order valence-corrected chi connectivity index (χ1v) is 10.3.